The van der Waals surface area contributed by atoms with Crippen LogP contribution in [-0.4, -0.2) is 11.1 Å². The maximum atomic E-state index is 12.2. The number of carbonyl (C=O) groups excluding carboxylic acids is 1. The molecule has 124 valence electrons. The number of aromatic hydroxyl groups is 1. The Kier molecular flexibility index (Phi) is 3.65. The lowest BCUT2D eigenvalue weighted by molar-refractivity contribution is 0.209. The monoisotopic (exact) mass is 342 g/mol. The standard InChI is InChI=1S/C19H19ClN2O2/c20-15-8-7-14(12-5-4-6-13(23)11-12)16-17(15)21-18(24)22-19(16)9-2-1-3-10-19/h4-8,11,23H,1-3,9-10H2,(H2,21,22,24). The van der Waals surface area contributed by atoms with Crippen LogP contribution in [0.25, 0.3) is 11.1 Å². The van der Waals surface area contributed by atoms with E-state index in [1.165, 1.54) is 6.42 Å². The number of benzene rings is 2. The molecule has 3 N–H and O–H groups in total. The van der Waals surface area contributed by atoms with E-state index in [9.17, 15) is 9.90 Å². The van der Waals surface area contributed by atoms with Gasteiger partial charge in [0, 0.05) is 5.56 Å². The number of hydrogen-bond donors (Lipinski definition) is 3. The van der Waals surface area contributed by atoms with Crippen molar-refractivity contribution in [2.75, 3.05) is 5.32 Å². The SMILES string of the molecule is O=C1Nc2c(Cl)ccc(-c3cccc(O)c3)c2C2(CCCCC2)N1. The molecule has 4 nitrogen and oxygen atoms in total. The fourth-order valence-electron chi connectivity index (χ4n) is 4.07. The molecule has 1 aliphatic heterocycles. The van der Waals surface area contributed by atoms with Gasteiger partial charge in [-0.15, -0.1) is 0 Å². The Balaban J connectivity index is 1.98. The first-order chi connectivity index (χ1) is 11.6. The Labute approximate surface area is 145 Å². The number of carbonyl (C=O) groups is 1. The van der Waals surface area contributed by atoms with Crippen molar-refractivity contribution in [3.63, 3.8) is 0 Å². The van der Waals surface area contributed by atoms with E-state index in [4.69, 9.17) is 11.6 Å². The maximum absolute atomic E-state index is 12.2. The summed E-state index contributed by atoms with van der Waals surface area (Å²) in [5, 5.41) is 16.5. The Morgan fingerprint density at radius 2 is 1.88 bits per heavy atom. The molecule has 2 amide bonds. The molecule has 1 aliphatic carbocycles. The van der Waals surface area contributed by atoms with E-state index in [1.54, 1.807) is 12.1 Å². The van der Waals surface area contributed by atoms with E-state index < -0.39 is 0 Å². The molecule has 5 heteroatoms. The summed E-state index contributed by atoms with van der Waals surface area (Å²) in [6.45, 7) is 0. The third-order valence-electron chi connectivity index (χ3n) is 5.09. The van der Waals surface area contributed by atoms with Gasteiger partial charge in [0.05, 0.1) is 16.2 Å². The number of anilines is 1. The van der Waals surface area contributed by atoms with Crippen LogP contribution in [0.3, 0.4) is 0 Å². The molecule has 0 saturated heterocycles. The average Bonchev–Trinajstić information content (AvgIpc) is 2.56. The van der Waals surface area contributed by atoms with E-state index in [1.807, 2.05) is 24.3 Å². The molecule has 0 atom stereocenters. The van der Waals surface area contributed by atoms with Gasteiger partial charge in [0.2, 0.25) is 0 Å². The minimum absolute atomic E-state index is 0.195. The first kappa shape index (κ1) is 15.3. The molecule has 0 unspecified atom stereocenters. The van der Waals surface area contributed by atoms with Crippen LogP contribution >= 0.6 is 11.6 Å². The molecular formula is C19H19ClN2O2. The zero-order chi connectivity index (χ0) is 16.7. The van der Waals surface area contributed by atoms with Crippen molar-refractivity contribution in [1.82, 2.24) is 5.32 Å². The lowest BCUT2D eigenvalue weighted by Gasteiger charge is -2.44. The number of amides is 2. The molecule has 2 aliphatic rings. The topological polar surface area (TPSA) is 61.4 Å². The Morgan fingerprint density at radius 1 is 1.08 bits per heavy atom. The number of nitrogens with one attached hydrogen (secondary N) is 2. The van der Waals surface area contributed by atoms with E-state index in [-0.39, 0.29) is 17.3 Å². The minimum atomic E-state index is -0.387. The fourth-order valence-corrected chi connectivity index (χ4v) is 4.27. The van der Waals surface area contributed by atoms with Gasteiger partial charge in [0.15, 0.2) is 0 Å². The van der Waals surface area contributed by atoms with Crippen molar-refractivity contribution in [3.05, 3.63) is 47.0 Å². The molecule has 1 heterocycles. The number of urea groups is 1. The Bertz CT molecular complexity index is 813. The average molecular weight is 343 g/mol. The van der Waals surface area contributed by atoms with Gasteiger partial charge in [-0.2, -0.15) is 0 Å². The predicted molar refractivity (Wildman–Crippen MR) is 95.5 cm³/mol. The normalized spacial score (nSPS) is 18.6. The molecule has 1 fully saturated rings. The molecule has 2 aromatic carbocycles. The van der Waals surface area contributed by atoms with Gasteiger partial charge in [0.25, 0.3) is 0 Å². The van der Waals surface area contributed by atoms with Crippen molar-refractivity contribution in [1.29, 1.82) is 0 Å². The second-order valence-electron chi connectivity index (χ2n) is 6.62. The predicted octanol–water partition coefficient (Wildman–Crippen LogP) is 5.01. The molecule has 2 aromatic rings. The van der Waals surface area contributed by atoms with E-state index in [0.717, 1.165) is 42.4 Å². The largest absolute Gasteiger partial charge is 0.508 e. The summed E-state index contributed by atoms with van der Waals surface area (Å²) in [6.07, 6.45) is 5.14. The smallest absolute Gasteiger partial charge is 0.319 e. The van der Waals surface area contributed by atoms with Crippen molar-refractivity contribution in [2.24, 2.45) is 0 Å². The van der Waals surface area contributed by atoms with Crippen LogP contribution in [0.1, 0.15) is 37.7 Å². The Morgan fingerprint density at radius 3 is 2.62 bits per heavy atom. The first-order valence-corrected chi connectivity index (χ1v) is 8.68. The number of fused-ring (bicyclic) bond motifs is 2. The van der Waals surface area contributed by atoms with Crippen LogP contribution in [0.5, 0.6) is 5.75 Å². The van der Waals surface area contributed by atoms with Crippen LogP contribution < -0.4 is 10.6 Å². The van der Waals surface area contributed by atoms with Crippen molar-refractivity contribution in [2.45, 2.75) is 37.6 Å². The number of hydrogen-bond acceptors (Lipinski definition) is 2. The van der Waals surface area contributed by atoms with Crippen LogP contribution in [0.15, 0.2) is 36.4 Å². The fraction of sp³-hybridized carbons (Fsp3) is 0.316. The van der Waals surface area contributed by atoms with Crippen LogP contribution in [0.4, 0.5) is 10.5 Å². The third kappa shape index (κ3) is 2.42. The highest BCUT2D eigenvalue weighted by Gasteiger charge is 2.42. The van der Waals surface area contributed by atoms with Crippen LogP contribution in [0.2, 0.25) is 5.02 Å². The highest BCUT2D eigenvalue weighted by Crippen LogP contribution is 2.49. The summed E-state index contributed by atoms with van der Waals surface area (Å²) in [6, 6.07) is 10.8. The summed E-state index contributed by atoms with van der Waals surface area (Å²) < 4.78 is 0. The first-order valence-electron chi connectivity index (χ1n) is 8.31. The molecule has 0 aromatic heterocycles. The zero-order valence-corrected chi connectivity index (χ0v) is 14.0. The van der Waals surface area contributed by atoms with Crippen molar-refractivity contribution in [3.8, 4) is 16.9 Å². The van der Waals surface area contributed by atoms with E-state index in [2.05, 4.69) is 10.6 Å². The van der Waals surface area contributed by atoms with Crippen LogP contribution in [-0.2, 0) is 5.54 Å². The molecule has 0 bridgehead atoms. The molecule has 1 saturated carbocycles. The Hall–Kier alpha value is -2.20. The number of phenolic OH excluding ortho intramolecular Hbond substituents is 1. The summed E-state index contributed by atoms with van der Waals surface area (Å²) >= 11 is 6.41. The second kappa shape index (κ2) is 5.71. The number of rotatable bonds is 1. The summed E-state index contributed by atoms with van der Waals surface area (Å²) in [7, 11) is 0. The van der Waals surface area contributed by atoms with Gasteiger partial charge in [-0.1, -0.05) is 49.1 Å². The van der Waals surface area contributed by atoms with Gasteiger partial charge in [-0.3, -0.25) is 0 Å². The van der Waals surface area contributed by atoms with Gasteiger partial charge < -0.3 is 15.7 Å². The molecule has 1 spiro atoms. The zero-order valence-electron chi connectivity index (χ0n) is 13.2. The molecule has 24 heavy (non-hydrogen) atoms. The van der Waals surface area contributed by atoms with E-state index in [0.29, 0.717) is 10.7 Å². The molecule has 4 rings (SSSR count). The number of phenols is 1. The quantitative estimate of drug-likeness (QED) is 0.682. The third-order valence-corrected chi connectivity index (χ3v) is 5.40. The van der Waals surface area contributed by atoms with E-state index >= 15 is 0 Å². The van der Waals surface area contributed by atoms with Crippen LogP contribution in [0, 0.1) is 0 Å². The highest BCUT2D eigenvalue weighted by atomic mass is 35.5. The minimum Gasteiger partial charge on any atom is -0.508 e. The maximum Gasteiger partial charge on any atom is 0.319 e. The van der Waals surface area contributed by atoms with Gasteiger partial charge in [-0.05, 0) is 42.2 Å². The van der Waals surface area contributed by atoms with Crippen molar-refractivity contribution >= 4 is 23.3 Å². The molecular weight excluding hydrogens is 324 g/mol. The summed E-state index contributed by atoms with van der Waals surface area (Å²) in [5.41, 5.74) is 3.27. The van der Waals surface area contributed by atoms with Gasteiger partial charge in [0.1, 0.15) is 5.75 Å². The van der Waals surface area contributed by atoms with Gasteiger partial charge in [-0.25, -0.2) is 4.79 Å². The van der Waals surface area contributed by atoms with Gasteiger partial charge >= 0.3 is 6.03 Å². The second-order valence-corrected chi connectivity index (χ2v) is 7.02. The molecule has 0 radical (unpaired) electrons. The summed E-state index contributed by atoms with van der Waals surface area (Å²) in [5.74, 6) is 0.224. The number of halogens is 1. The lowest BCUT2D eigenvalue weighted by atomic mass is 9.72. The highest BCUT2D eigenvalue weighted by molar-refractivity contribution is 6.34. The van der Waals surface area contributed by atoms with Crippen molar-refractivity contribution < 1.29 is 9.90 Å². The lowest BCUT2D eigenvalue weighted by Crippen LogP contribution is -2.53. The summed E-state index contributed by atoms with van der Waals surface area (Å²) in [4.78, 5) is 12.2.